The summed E-state index contributed by atoms with van der Waals surface area (Å²) < 4.78 is 5.63. The average molecular weight is 324 g/mol. The van der Waals surface area contributed by atoms with Crippen molar-refractivity contribution in [2.24, 2.45) is 5.41 Å². The highest BCUT2D eigenvalue weighted by molar-refractivity contribution is 5.84. The molecule has 1 spiro atoms. The third-order valence-corrected chi connectivity index (χ3v) is 5.27. The van der Waals surface area contributed by atoms with Crippen LogP contribution in [-0.4, -0.2) is 71.8 Å². The van der Waals surface area contributed by atoms with Crippen LogP contribution in [0.2, 0.25) is 0 Å². The maximum Gasteiger partial charge on any atom is 0.254 e. The number of nitrogens with zero attached hydrogens (tertiary/aromatic N) is 2. The Hall–Kier alpha value is -0.910. The summed E-state index contributed by atoms with van der Waals surface area (Å²) in [6, 6.07) is 0. The smallest absolute Gasteiger partial charge is 0.254 e. The number of hydrogen-bond acceptors (Lipinski definition) is 4. The molecule has 1 amide bonds. The van der Waals surface area contributed by atoms with E-state index >= 15 is 0 Å². The van der Waals surface area contributed by atoms with Gasteiger partial charge in [0.15, 0.2) is 0 Å². The zero-order valence-electron chi connectivity index (χ0n) is 14.9. The Kier molecular flexibility index (Phi) is 5.87. The van der Waals surface area contributed by atoms with Crippen LogP contribution in [0, 0.1) is 5.41 Å². The number of ether oxygens (including phenoxy) is 1. The molecular weight excluding hydrogens is 292 g/mol. The summed E-state index contributed by atoms with van der Waals surface area (Å²) in [5, 5.41) is 10.7. The SMILES string of the molecule is C=CCN1CC[C@@H](O)[C@]2(CCCN(C(=O)C(C)(C)OCC)C2)C1. The minimum atomic E-state index is -0.798. The number of likely N-dealkylation sites (tertiary alicyclic amines) is 2. The third kappa shape index (κ3) is 3.95. The first kappa shape index (κ1) is 18.4. The second-order valence-corrected chi connectivity index (χ2v) is 7.46. The number of carbonyl (C=O) groups is 1. The third-order valence-electron chi connectivity index (χ3n) is 5.27. The van der Waals surface area contributed by atoms with Crippen molar-refractivity contribution >= 4 is 5.91 Å². The van der Waals surface area contributed by atoms with E-state index in [2.05, 4.69) is 11.5 Å². The van der Waals surface area contributed by atoms with Crippen LogP contribution >= 0.6 is 0 Å². The van der Waals surface area contributed by atoms with E-state index in [1.807, 2.05) is 31.7 Å². The molecule has 2 saturated heterocycles. The number of aliphatic hydroxyl groups excluding tert-OH is 1. The van der Waals surface area contributed by atoms with Gasteiger partial charge in [-0.2, -0.15) is 0 Å². The maximum atomic E-state index is 12.8. The van der Waals surface area contributed by atoms with Gasteiger partial charge in [0.25, 0.3) is 5.91 Å². The molecule has 0 aromatic heterocycles. The fraction of sp³-hybridized carbons (Fsp3) is 0.833. The second kappa shape index (κ2) is 7.32. The van der Waals surface area contributed by atoms with Crippen LogP contribution in [0.5, 0.6) is 0 Å². The molecule has 0 bridgehead atoms. The standard InChI is InChI=1S/C18H32N2O3/c1-5-10-19-12-8-15(21)18(13-19)9-7-11-20(14-18)16(22)17(3,4)23-6-2/h5,15,21H,1,6-14H2,2-4H3/t15-,18-/m1/s1. The molecule has 0 aromatic carbocycles. The molecule has 0 unspecified atom stereocenters. The van der Waals surface area contributed by atoms with Gasteiger partial charge in [0, 0.05) is 44.7 Å². The van der Waals surface area contributed by atoms with Gasteiger partial charge in [-0.1, -0.05) is 6.08 Å². The van der Waals surface area contributed by atoms with Crippen molar-refractivity contribution in [1.29, 1.82) is 0 Å². The lowest BCUT2D eigenvalue weighted by Gasteiger charge is -2.51. The Balaban J connectivity index is 2.12. The van der Waals surface area contributed by atoms with Crippen LogP contribution in [0.15, 0.2) is 12.7 Å². The van der Waals surface area contributed by atoms with Gasteiger partial charge in [-0.3, -0.25) is 9.69 Å². The lowest BCUT2D eigenvalue weighted by molar-refractivity contribution is -0.162. The van der Waals surface area contributed by atoms with E-state index in [1.54, 1.807) is 0 Å². The zero-order chi connectivity index (χ0) is 17.1. The molecular formula is C18H32N2O3. The van der Waals surface area contributed by atoms with Gasteiger partial charge >= 0.3 is 0 Å². The first-order valence-corrected chi connectivity index (χ1v) is 8.79. The predicted molar refractivity (Wildman–Crippen MR) is 91.2 cm³/mol. The van der Waals surface area contributed by atoms with Gasteiger partial charge in [-0.05, 0) is 40.0 Å². The van der Waals surface area contributed by atoms with Crippen LogP contribution < -0.4 is 0 Å². The summed E-state index contributed by atoms with van der Waals surface area (Å²) in [5.41, 5.74) is -1.01. The summed E-state index contributed by atoms with van der Waals surface area (Å²) in [6.07, 6.45) is 4.25. The number of carbonyl (C=O) groups excluding carboxylic acids is 1. The quantitative estimate of drug-likeness (QED) is 0.782. The van der Waals surface area contributed by atoms with Crippen molar-refractivity contribution in [1.82, 2.24) is 9.80 Å². The van der Waals surface area contributed by atoms with E-state index in [4.69, 9.17) is 4.74 Å². The highest BCUT2D eigenvalue weighted by Crippen LogP contribution is 2.39. The monoisotopic (exact) mass is 324 g/mol. The van der Waals surface area contributed by atoms with Crippen LogP contribution in [0.25, 0.3) is 0 Å². The number of piperidine rings is 2. The van der Waals surface area contributed by atoms with Crippen molar-refractivity contribution in [2.75, 3.05) is 39.3 Å². The highest BCUT2D eigenvalue weighted by atomic mass is 16.5. The van der Waals surface area contributed by atoms with E-state index in [0.717, 1.165) is 45.4 Å². The molecule has 23 heavy (non-hydrogen) atoms. The first-order valence-electron chi connectivity index (χ1n) is 8.79. The second-order valence-electron chi connectivity index (χ2n) is 7.46. The van der Waals surface area contributed by atoms with E-state index < -0.39 is 5.60 Å². The topological polar surface area (TPSA) is 53.0 Å². The molecule has 132 valence electrons. The first-order chi connectivity index (χ1) is 10.8. The Labute approximate surface area is 140 Å². The molecule has 2 heterocycles. The minimum absolute atomic E-state index is 0.0338. The van der Waals surface area contributed by atoms with Crippen molar-refractivity contribution in [3.63, 3.8) is 0 Å². The normalized spacial score (nSPS) is 29.7. The van der Waals surface area contributed by atoms with Gasteiger partial charge in [0.2, 0.25) is 0 Å². The number of aliphatic hydroxyl groups is 1. The summed E-state index contributed by atoms with van der Waals surface area (Å²) in [7, 11) is 0. The molecule has 2 rings (SSSR count). The highest BCUT2D eigenvalue weighted by Gasteiger charge is 2.47. The maximum absolute atomic E-state index is 12.8. The fourth-order valence-corrected chi connectivity index (χ4v) is 4.12. The van der Waals surface area contributed by atoms with Crippen LogP contribution in [0.4, 0.5) is 0 Å². The summed E-state index contributed by atoms with van der Waals surface area (Å²) in [5.74, 6) is 0.0338. The molecule has 0 aromatic rings. The molecule has 2 aliphatic rings. The van der Waals surface area contributed by atoms with Gasteiger partial charge in [-0.15, -0.1) is 6.58 Å². The Morgan fingerprint density at radius 2 is 2.17 bits per heavy atom. The minimum Gasteiger partial charge on any atom is -0.392 e. The zero-order valence-corrected chi connectivity index (χ0v) is 14.9. The van der Waals surface area contributed by atoms with E-state index in [0.29, 0.717) is 13.2 Å². The summed E-state index contributed by atoms with van der Waals surface area (Å²) in [6.45, 7) is 13.9. The number of hydrogen-bond donors (Lipinski definition) is 1. The van der Waals surface area contributed by atoms with E-state index in [1.165, 1.54) is 0 Å². The lowest BCUT2D eigenvalue weighted by atomic mass is 9.71. The molecule has 1 N–H and O–H groups in total. The fourth-order valence-electron chi connectivity index (χ4n) is 4.12. The molecule has 0 radical (unpaired) electrons. The Morgan fingerprint density at radius 3 is 2.83 bits per heavy atom. The molecule has 5 nitrogen and oxygen atoms in total. The van der Waals surface area contributed by atoms with Crippen LogP contribution in [-0.2, 0) is 9.53 Å². The molecule has 5 heteroatoms. The van der Waals surface area contributed by atoms with E-state index in [9.17, 15) is 9.90 Å². The number of rotatable bonds is 5. The van der Waals surface area contributed by atoms with Gasteiger partial charge in [0.05, 0.1) is 6.10 Å². The van der Waals surface area contributed by atoms with Crippen LogP contribution in [0.1, 0.15) is 40.0 Å². The van der Waals surface area contributed by atoms with Crippen molar-refractivity contribution < 1.29 is 14.6 Å². The van der Waals surface area contributed by atoms with Gasteiger partial charge in [-0.25, -0.2) is 0 Å². The molecule has 2 fully saturated rings. The molecule has 2 atom stereocenters. The number of amides is 1. The van der Waals surface area contributed by atoms with Crippen LogP contribution in [0.3, 0.4) is 0 Å². The Bertz CT molecular complexity index is 438. The molecule has 0 saturated carbocycles. The lowest BCUT2D eigenvalue weighted by Crippen LogP contribution is -2.61. The average Bonchev–Trinajstić information content (AvgIpc) is 2.51. The van der Waals surface area contributed by atoms with Crippen molar-refractivity contribution in [3.05, 3.63) is 12.7 Å². The van der Waals surface area contributed by atoms with Gasteiger partial charge < -0.3 is 14.7 Å². The Morgan fingerprint density at radius 1 is 1.43 bits per heavy atom. The van der Waals surface area contributed by atoms with Gasteiger partial charge in [0.1, 0.15) is 5.60 Å². The summed E-state index contributed by atoms with van der Waals surface area (Å²) >= 11 is 0. The molecule has 2 aliphatic heterocycles. The van der Waals surface area contributed by atoms with E-state index in [-0.39, 0.29) is 17.4 Å². The molecule has 0 aliphatic carbocycles. The predicted octanol–water partition coefficient (Wildman–Crippen LogP) is 1.66. The van der Waals surface area contributed by atoms with Crippen molar-refractivity contribution in [2.45, 2.75) is 51.7 Å². The largest absolute Gasteiger partial charge is 0.392 e. The summed E-state index contributed by atoms with van der Waals surface area (Å²) in [4.78, 5) is 17.1. The van der Waals surface area contributed by atoms with Crippen molar-refractivity contribution in [3.8, 4) is 0 Å².